The Hall–Kier alpha value is -9.18. The molecule has 13 aliphatic rings. The van der Waals surface area contributed by atoms with Crippen LogP contribution >= 0.6 is 0 Å². The Morgan fingerprint density at radius 3 is 0.567 bits per heavy atom. The molecule has 0 radical (unpaired) electrons. The maximum atomic E-state index is 8.32. The minimum absolute atomic E-state index is 0.0283. The van der Waals surface area contributed by atoms with E-state index in [0.717, 1.165) is 273 Å². The molecule has 18 nitrogen and oxygen atoms in total. The van der Waals surface area contributed by atoms with Crippen molar-refractivity contribution in [3.63, 3.8) is 0 Å². The Balaban J connectivity index is 0.875. The highest BCUT2D eigenvalue weighted by molar-refractivity contribution is 5.89. The molecule has 18 heteroatoms. The number of rotatable bonds is 27. The third kappa shape index (κ3) is 18.6. The Kier molecular flexibility index (Phi) is 25.9. The van der Waals surface area contributed by atoms with Crippen molar-refractivity contribution in [1.29, 1.82) is 0 Å². The van der Waals surface area contributed by atoms with E-state index in [-0.39, 0.29) is 60.9 Å². The maximum Gasteiger partial charge on any atom is 0.131 e. The molecule has 4 saturated carbocycles. The largest absolute Gasteiger partial charge is 0.490 e. The predicted molar refractivity (Wildman–Crippen MR) is 488 cm³/mol. The van der Waals surface area contributed by atoms with Crippen LogP contribution in [0.15, 0.2) is 182 Å². The first-order valence-electron chi connectivity index (χ1n) is 48.1. The highest BCUT2D eigenvalue weighted by Gasteiger charge is 2.67. The summed E-state index contributed by atoms with van der Waals surface area (Å²) in [5.74, 6) is 7.80. The van der Waals surface area contributed by atoms with Gasteiger partial charge in [0.05, 0.1) is 119 Å². The third-order valence-corrected chi connectivity index (χ3v) is 29.3. The van der Waals surface area contributed by atoms with Crippen LogP contribution in [-0.4, -0.2) is 174 Å². The summed E-state index contributed by atoms with van der Waals surface area (Å²) < 4.78 is 125. The van der Waals surface area contributed by atoms with Crippen molar-refractivity contribution in [3.8, 4) is 119 Å². The molecule has 9 aromatic carbocycles. The van der Waals surface area contributed by atoms with E-state index in [1.165, 1.54) is 16.7 Å². The molecule has 668 valence electrons. The maximum absolute atomic E-state index is 8.32. The van der Waals surface area contributed by atoms with Crippen molar-refractivity contribution in [2.24, 2.45) is 5.92 Å². The second-order valence-electron chi connectivity index (χ2n) is 37.9. The van der Waals surface area contributed by atoms with Crippen molar-refractivity contribution in [2.45, 2.75) is 225 Å². The second-order valence-corrected chi connectivity index (χ2v) is 37.9. The number of hydrogen-bond donors (Lipinski definition) is 0. The van der Waals surface area contributed by atoms with E-state index in [4.69, 9.17) is 85.3 Å². The van der Waals surface area contributed by atoms with Crippen LogP contribution in [0.5, 0.6) is 51.7 Å². The zero-order valence-corrected chi connectivity index (χ0v) is 73.6. The van der Waals surface area contributed by atoms with Gasteiger partial charge in [0.1, 0.15) is 107 Å². The van der Waals surface area contributed by atoms with E-state index in [0.29, 0.717) is 119 Å². The van der Waals surface area contributed by atoms with Gasteiger partial charge >= 0.3 is 0 Å². The molecule has 9 aromatic rings. The number of benzene rings is 9. The molecule has 22 rings (SSSR count). The van der Waals surface area contributed by atoms with Crippen LogP contribution in [0.2, 0.25) is 0 Å². The molecular weight excluding hydrogens is 1600 g/mol. The lowest BCUT2D eigenvalue weighted by Crippen LogP contribution is -2.62. The van der Waals surface area contributed by atoms with Crippen molar-refractivity contribution in [1.82, 2.24) is 0 Å². The van der Waals surface area contributed by atoms with Crippen LogP contribution in [-0.2, 0) is 58.9 Å². The topological polar surface area (TPSA) is 166 Å². The van der Waals surface area contributed by atoms with Crippen LogP contribution in [0.3, 0.4) is 0 Å². The average Bonchev–Trinajstić information content (AvgIpc) is 0.669. The van der Waals surface area contributed by atoms with Gasteiger partial charge in [0.2, 0.25) is 0 Å². The van der Waals surface area contributed by atoms with E-state index in [1.54, 1.807) is 0 Å². The summed E-state index contributed by atoms with van der Waals surface area (Å²) in [6.45, 7) is 11.3. The monoisotopic (exact) mass is 1720 g/mol. The first-order chi connectivity index (χ1) is 62.8. The van der Waals surface area contributed by atoms with Crippen molar-refractivity contribution >= 4 is 0 Å². The quantitative estimate of drug-likeness (QED) is 0.0477. The fourth-order valence-electron chi connectivity index (χ4n) is 23.4. The van der Waals surface area contributed by atoms with Crippen molar-refractivity contribution in [2.75, 3.05) is 119 Å². The predicted octanol–water partition coefficient (Wildman–Crippen LogP) is 21.8. The fourth-order valence-corrected chi connectivity index (χ4v) is 23.4. The highest BCUT2D eigenvalue weighted by Crippen LogP contribution is 2.75. The van der Waals surface area contributed by atoms with Gasteiger partial charge in [-0.2, -0.15) is 0 Å². The first kappa shape index (κ1) is 84.7. The van der Waals surface area contributed by atoms with Crippen LogP contribution in [0.25, 0.3) is 66.8 Å². The van der Waals surface area contributed by atoms with Crippen LogP contribution in [0.4, 0.5) is 0 Å². The summed E-state index contributed by atoms with van der Waals surface area (Å²) >= 11 is 0. The van der Waals surface area contributed by atoms with Gasteiger partial charge in [0.15, 0.2) is 0 Å². The molecule has 4 aliphatic carbocycles. The van der Waals surface area contributed by atoms with Crippen LogP contribution in [0.1, 0.15) is 171 Å². The first-order valence-corrected chi connectivity index (χ1v) is 48.1. The molecule has 4 bridgehead atoms. The Labute approximate surface area is 748 Å². The summed E-state index contributed by atoms with van der Waals surface area (Å²) in [6, 6.07) is 67.7. The molecule has 9 heterocycles. The Morgan fingerprint density at radius 1 is 0.189 bits per heavy atom. The molecule has 0 spiro atoms. The van der Waals surface area contributed by atoms with E-state index in [2.05, 4.69) is 182 Å². The van der Waals surface area contributed by atoms with Gasteiger partial charge in [-0.05, 0) is 134 Å². The Bertz CT molecular complexity index is 4700. The molecule has 0 aromatic heterocycles. The zero-order chi connectivity index (χ0) is 84.8. The molecule has 127 heavy (non-hydrogen) atoms. The lowest BCUT2D eigenvalue weighted by atomic mass is 9.36. The van der Waals surface area contributed by atoms with E-state index in [9.17, 15) is 0 Å². The molecule has 9 saturated heterocycles. The van der Waals surface area contributed by atoms with Gasteiger partial charge in [-0.1, -0.05) is 109 Å². The minimum atomic E-state index is -0.682. The molecule has 0 unspecified atom stereocenters. The van der Waals surface area contributed by atoms with Gasteiger partial charge in [0, 0.05) is 199 Å². The summed E-state index contributed by atoms with van der Waals surface area (Å²) in [4.78, 5) is 0. The van der Waals surface area contributed by atoms with E-state index in [1.807, 2.05) is 0 Å². The molecule has 9 aliphatic heterocycles. The van der Waals surface area contributed by atoms with E-state index < -0.39 is 16.2 Å². The number of ether oxygens (including phenoxy) is 18. The summed E-state index contributed by atoms with van der Waals surface area (Å²) in [6.07, 6.45) is 18.0. The third-order valence-electron chi connectivity index (χ3n) is 29.3. The van der Waals surface area contributed by atoms with E-state index >= 15 is 0 Å². The van der Waals surface area contributed by atoms with Gasteiger partial charge in [-0.25, -0.2) is 0 Å². The fraction of sp³-hybridized carbons (Fsp3) is 0.505. The van der Waals surface area contributed by atoms with Crippen LogP contribution in [0, 0.1) is 5.92 Å². The van der Waals surface area contributed by atoms with Crippen molar-refractivity contribution < 1.29 is 85.3 Å². The lowest BCUT2D eigenvalue weighted by molar-refractivity contribution is -0.0541. The van der Waals surface area contributed by atoms with Crippen LogP contribution < -0.4 is 42.6 Å². The smallest absolute Gasteiger partial charge is 0.131 e. The minimum Gasteiger partial charge on any atom is -0.490 e. The summed E-state index contributed by atoms with van der Waals surface area (Å²) in [5.41, 5.74) is 13.7. The van der Waals surface area contributed by atoms with Gasteiger partial charge < -0.3 is 85.3 Å². The average molecular weight is 1720 g/mol. The standard InChI is InChI=1S/C109H124O18/c1-7-19-98(119-77-25-43-110-44-26-77)86(13-1)74-61-92(89-16-4-10-22-101(89)122-80-31-49-113-50-32-80)104(125-83-37-55-116-56-38-83)95(64-74)107-67-73-68-108(70-107,96-65-75(87-14-2-8-20-99(87)120-78-27-45-111-46-28-78)62-93(105(96)126-84-39-57-117-58-40-84)90-17-5-11-23-102(90)123-81-33-51-114-52-34-81)72-109(69-73,71-107)97-66-76(88-15-3-9-21-100(88)121-79-29-47-112-48-30-79)63-94(106(97)127-85-41-59-118-60-42-85)91-18-6-12-24-103(91)124-82-35-53-115-54-36-82/h1-24,61-66,73,77-85H,25-60,67-72H2. The number of para-hydroxylation sites is 6. The molecule has 0 amide bonds. The highest BCUT2D eigenvalue weighted by atomic mass is 16.6. The molecule has 0 atom stereocenters. The van der Waals surface area contributed by atoms with Gasteiger partial charge in [-0.15, -0.1) is 0 Å². The molecular formula is C109H124O18. The molecule has 0 N–H and O–H groups in total. The number of hydrogen-bond acceptors (Lipinski definition) is 18. The van der Waals surface area contributed by atoms with Crippen molar-refractivity contribution in [3.05, 3.63) is 199 Å². The second kappa shape index (κ2) is 38.9. The molecule has 13 fully saturated rings. The normalized spacial score (nSPS) is 24.7. The van der Waals surface area contributed by atoms with Gasteiger partial charge in [-0.3, -0.25) is 0 Å². The SMILES string of the molecule is c1ccc(-c2cc(-c3ccccc3OC3CCOCC3)c(OC3CCOCC3)c(C34CC5CC(c6cc(-c7ccccc7OC7CCOCC7)cc(-c7ccccc7OC7CCOCC7)c6OC6CCOCC6)(C3)CC(c3cc(-c6ccccc6OC6CCOCC6)cc(-c6ccccc6OC6CCOCC6)c3OC3CCOCC3)(C5)C4)c2)c(OC2CCOCC2)c1. The van der Waals surface area contributed by atoms with Gasteiger partial charge in [0.25, 0.3) is 0 Å². The Morgan fingerprint density at radius 2 is 0.362 bits per heavy atom. The summed E-state index contributed by atoms with van der Waals surface area (Å²) in [7, 11) is 0. The lowest BCUT2D eigenvalue weighted by Gasteiger charge is -2.67. The zero-order valence-electron chi connectivity index (χ0n) is 73.6. The summed E-state index contributed by atoms with van der Waals surface area (Å²) in [5, 5.41) is 0.